The minimum Gasteiger partial charge on any atom is -0.497 e. The van der Waals surface area contributed by atoms with Crippen molar-refractivity contribution in [2.75, 3.05) is 25.5 Å². The molecule has 6 heteroatoms. The Morgan fingerprint density at radius 1 is 1.24 bits per heavy atom. The summed E-state index contributed by atoms with van der Waals surface area (Å²) in [6.07, 6.45) is 2.71. The summed E-state index contributed by atoms with van der Waals surface area (Å²) < 4.78 is 5.29. The SMILES string of the molecule is COc1ccc(C2=NC(C(=O)NCCCN)=CC3c4ccccc4NC23C)cc1. The fourth-order valence-electron chi connectivity index (χ4n) is 4.08. The molecule has 2 atom stereocenters. The molecule has 1 amide bonds. The van der Waals surface area contributed by atoms with E-state index in [-0.39, 0.29) is 11.8 Å². The van der Waals surface area contributed by atoms with E-state index in [0.717, 1.165) is 29.1 Å². The zero-order valence-electron chi connectivity index (χ0n) is 16.7. The van der Waals surface area contributed by atoms with Gasteiger partial charge in [-0.2, -0.15) is 0 Å². The number of hydrogen-bond donors (Lipinski definition) is 3. The number of para-hydroxylation sites is 1. The monoisotopic (exact) mass is 390 g/mol. The summed E-state index contributed by atoms with van der Waals surface area (Å²) in [5.74, 6) is 0.615. The number of anilines is 1. The maximum absolute atomic E-state index is 12.8. The minimum atomic E-state index is -0.445. The fraction of sp³-hybridized carbons (Fsp3) is 0.304. The quantitative estimate of drug-likeness (QED) is 0.662. The van der Waals surface area contributed by atoms with Crippen molar-refractivity contribution in [1.82, 2.24) is 5.32 Å². The Hall–Kier alpha value is -3.12. The highest BCUT2D eigenvalue weighted by atomic mass is 16.5. The van der Waals surface area contributed by atoms with E-state index in [0.29, 0.717) is 18.8 Å². The van der Waals surface area contributed by atoms with E-state index >= 15 is 0 Å². The minimum absolute atomic E-state index is 0.00330. The largest absolute Gasteiger partial charge is 0.497 e. The molecule has 0 fully saturated rings. The topological polar surface area (TPSA) is 88.7 Å². The molecular formula is C23H26N4O2. The van der Waals surface area contributed by atoms with Crippen molar-refractivity contribution in [3.8, 4) is 5.75 Å². The van der Waals surface area contributed by atoms with Crippen molar-refractivity contribution in [2.45, 2.75) is 24.8 Å². The number of ether oxygens (including phenoxy) is 1. The lowest BCUT2D eigenvalue weighted by molar-refractivity contribution is -0.117. The van der Waals surface area contributed by atoms with Crippen LogP contribution in [0, 0.1) is 0 Å². The zero-order valence-corrected chi connectivity index (χ0v) is 16.7. The van der Waals surface area contributed by atoms with Crippen LogP contribution in [0.4, 0.5) is 5.69 Å². The lowest BCUT2D eigenvalue weighted by Crippen LogP contribution is -2.47. The van der Waals surface area contributed by atoms with E-state index in [1.54, 1.807) is 7.11 Å². The van der Waals surface area contributed by atoms with Gasteiger partial charge in [-0.3, -0.25) is 4.79 Å². The summed E-state index contributed by atoms with van der Waals surface area (Å²) in [5.41, 5.74) is 9.58. The van der Waals surface area contributed by atoms with E-state index in [4.69, 9.17) is 15.5 Å². The normalized spacial score (nSPS) is 22.0. The number of benzene rings is 2. The number of nitrogens with one attached hydrogen (secondary N) is 2. The molecule has 29 heavy (non-hydrogen) atoms. The van der Waals surface area contributed by atoms with Crippen LogP contribution in [0.15, 0.2) is 65.3 Å². The second-order valence-electron chi connectivity index (χ2n) is 7.53. The first-order valence-corrected chi connectivity index (χ1v) is 9.87. The molecule has 2 aromatic rings. The van der Waals surface area contributed by atoms with E-state index in [2.05, 4.69) is 29.7 Å². The molecule has 4 N–H and O–H groups in total. The summed E-state index contributed by atoms with van der Waals surface area (Å²) in [5, 5.41) is 6.57. The van der Waals surface area contributed by atoms with Gasteiger partial charge in [0.25, 0.3) is 5.91 Å². The van der Waals surface area contributed by atoms with E-state index < -0.39 is 5.54 Å². The molecule has 2 aliphatic rings. The number of nitrogens with zero attached hydrogens (tertiary/aromatic N) is 1. The van der Waals surface area contributed by atoms with E-state index in [9.17, 15) is 4.79 Å². The number of hydrogen-bond acceptors (Lipinski definition) is 5. The summed E-state index contributed by atoms with van der Waals surface area (Å²) in [4.78, 5) is 17.6. The third-order valence-electron chi connectivity index (χ3n) is 5.62. The highest BCUT2D eigenvalue weighted by Crippen LogP contribution is 2.47. The number of fused-ring (bicyclic) bond motifs is 3. The summed E-state index contributed by atoms with van der Waals surface area (Å²) in [6, 6.07) is 16.0. The highest BCUT2D eigenvalue weighted by Gasteiger charge is 2.48. The predicted molar refractivity (Wildman–Crippen MR) is 116 cm³/mol. The molecule has 2 heterocycles. The van der Waals surface area contributed by atoms with Gasteiger partial charge < -0.3 is 21.1 Å². The molecule has 0 saturated carbocycles. The van der Waals surface area contributed by atoms with Crippen LogP contribution >= 0.6 is 0 Å². The van der Waals surface area contributed by atoms with Gasteiger partial charge in [0.2, 0.25) is 0 Å². The van der Waals surface area contributed by atoms with Crippen LogP contribution in [0.5, 0.6) is 5.75 Å². The standard InChI is InChI=1S/C23H26N4O2/c1-23-18(17-6-3-4-7-19(17)27-23)14-20(22(28)25-13-5-12-24)26-21(23)15-8-10-16(29-2)11-9-15/h3-4,6-11,14,18,27H,5,12-13,24H2,1-2H3,(H,25,28). The average Bonchev–Trinajstić information content (AvgIpc) is 3.05. The van der Waals surface area contributed by atoms with Crippen molar-refractivity contribution >= 4 is 17.3 Å². The Balaban J connectivity index is 1.77. The molecule has 0 saturated heterocycles. The first-order valence-electron chi connectivity index (χ1n) is 9.87. The van der Waals surface area contributed by atoms with Crippen molar-refractivity contribution in [1.29, 1.82) is 0 Å². The Morgan fingerprint density at radius 2 is 2.00 bits per heavy atom. The van der Waals surface area contributed by atoms with Crippen LogP contribution in [-0.2, 0) is 4.79 Å². The molecule has 0 spiro atoms. The van der Waals surface area contributed by atoms with Crippen LogP contribution in [0.25, 0.3) is 0 Å². The third kappa shape index (κ3) is 3.40. The Morgan fingerprint density at radius 3 is 2.72 bits per heavy atom. The van der Waals surface area contributed by atoms with Gasteiger partial charge in [-0.15, -0.1) is 0 Å². The van der Waals surface area contributed by atoms with E-state index in [1.165, 1.54) is 5.56 Å². The molecule has 2 unspecified atom stereocenters. The van der Waals surface area contributed by atoms with Gasteiger partial charge in [0.15, 0.2) is 0 Å². The van der Waals surface area contributed by atoms with Crippen LogP contribution in [0.3, 0.4) is 0 Å². The number of nitrogens with two attached hydrogens (primary N) is 1. The third-order valence-corrected chi connectivity index (χ3v) is 5.62. The number of carbonyl (C=O) groups excluding carboxylic acids is 1. The summed E-state index contributed by atoms with van der Waals surface area (Å²) in [7, 11) is 1.65. The lowest BCUT2D eigenvalue weighted by Gasteiger charge is -2.36. The molecule has 0 bridgehead atoms. The fourth-order valence-corrected chi connectivity index (χ4v) is 4.08. The Kier molecular flexibility index (Phi) is 5.11. The van der Waals surface area contributed by atoms with Crippen molar-refractivity contribution in [3.63, 3.8) is 0 Å². The smallest absolute Gasteiger partial charge is 0.269 e. The first-order chi connectivity index (χ1) is 14.1. The molecule has 6 nitrogen and oxygen atoms in total. The van der Waals surface area contributed by atoms with Gasteiger partial charge in [-0.05, 0) is 67.4 Å². The molecule has 0 aromatic heterocycles. The number of carbonyl (C=O) groups is 1. The Labute approximate surface area is 170 Å². The molecule has 2 aromatic carbocycles. The Bertz CT molecular complexity index is 981. The number of aliphatic imine (C=N–C) groups is 1. The van der Waals surface area contributed by atoms with Gasteiger partial charge in [0.1, 0.15) is 11.4 Å². The average molecular weight is 390 g/mol. The highest BCUT2D eigenvalue weighted by molar-refractivity contribution is 6.14. The molecule has 4 rings (SSSR count). The zero-order chi connectivity index (χ0) is 20.4. The first kappa shape index (κ1) is 19.2. The molecule has 2 aliphatic heterocycles. The van der Waals surface area contributed by atoms with Gasteiger partial charge in [0, 0.05) is 18.2 Å². The predicted octanol–water partition coefficient (Wildman–Crippen LogP) is 2.81. The van der Waals surface area contributed by atoms with Crippen molar-refractivity contribution < 1.29 is 9.53 Å². The summed E-state index contributed by atoms with van der Waals surface area (Å²) >= 11 is 0. The maximum Gasteiger partial charge on any atom is 0.269 e. The van der Waals surface area contributed by atoms with Crippen LogP contribution < -0.4 is 21.1 Å². The summed E-state index contributed by atoms with van der Waals surface area (Å²) in [6.45, 7) is 3.22. The van der Waals surface area contributed by atoms with Crippen LogP contribution in [-0.4, -0.2) is 37.4 Å². The number of amides is 1. The maximum atomic E-state index is 12.8. The number of rotatable bonds is 6. The van der Waals surface area contributed by atoms with Crippen LogP contribution in [0.2, 0.25) is 0 Å². The van der Waals surface area contributed by atoms with Gasteiger partial charge in [-0.25, -0.2) is 4.99 Å². The van der Waals surface area contributed by atoms with Crippen LogP contribution in [0.1, 0.15) is 30.4 Å². The molecule has 0 radical (unpaired) electrons. The van der Waals surface area contributed by atoms with Crippen molar-refractivity contribution in [3.05, 3.63) is 71.4 Å². The molecule has 150 valence electrons. The second-order valence-corrected chi connectivity index (χ2v) is 7.53. The second kappa shape index (κ2) is 7.72. The van der Waals surface area contributed by atoms with Crippen molar-refractivity contribution in [2.24, 2.45) is 10.7 Å². The molecule has 0 aliphatic carbocycles. The lowest BCUT2D eigenvalue weighted by atomic mass is 9.76. The van der Waals surface area contributed by atoms with Gasteiger partial charge in [0.05, 0.1) is 18.4 Å². The molecular weight excluding hydrogens is 364 g/mol. The number of methoxy groups -OCH3 is 1. The van der Waals surface area contributed by atoms with E-state index in [1.807, 2.05) is 42.5 Å². The van der Waals surface area contributed by atoms with Gasteiger partial charge in [-0.1, -0.05) is 18.2 Å². The van der Waals surface area contributed by atoms with Gasteiger partial charge >= 0.3 is 0 Å².